The number of aromatic nitrogens is 1. The van der Waals surface area contributed by atoms with Crippen LogP contribution in [-0.2, 0) is 13.0 Å². The van der Waals surface area contributed by atoms with Crippen LogP contribution in [0.15, 0.2) is 35.8 Å². The van der Waals surface area contributed by atoms with Gasteiger partial charge in [-0.25, -0.2) is 0 Å². The lowest BCUT2D eigenvalue weighted by atomic mass is 10.2. The highest BCUT2D eigenvalue weighted by Crippen LogP contribution is 2.16. The van der Waals surface area contributed by atoms with Gasteiger partial charge in [0.05, 0.1) is 17.8 Å². The maximum atomic E-state index is 11.9. The van der Waals surface area contributed by atoms with Crippen LogP contribution in [0.25, 0.3) is 0 Å². The van der Waals surface area contributed by atoms with E-state index in [-0.39, 0.29) is 5.91 Å². The second-order valence-corrected chi connectivity index (χ2v) is 5.05. The molecule has 2 aromatic heterocycles. The number of carbonyl (C=O) groups is 1. The summed E-state index contributed by atoms with van der Waals surface area (Å²) < 4.78 is 0. The van der Waals surface area contributed by atoms with Crippen LogP contribution in [0.1, 0.15) is 34.3 Å². The number of nitrogens with one attached hydrogen (secondary N) is 1. The number of pyridine rings is 1. The molecule has 0 fully saturated rings. The van der Waals surface area contributed by atoms with Gasteiger partial charge in [0.2, 0.25) is 0 Å². The highest BCUT2D eigenvalue weighted by atomic mass is 32.1. The van der Waals surface area contributed by atoms with Gasteiger partial charge in [-0.05, 0) is 24.6 Å². The van der Waals surface area contributed by atoms with Gasteiger partial charge in [0, 0.05) is 16.5 Å². The Balaban J connectivity index is 1.91. The van der Waals surface area contributed by atoms with Gasteiger partial charge >= 0.3 is 0 Å². The molecule has 0 aromatic carbocycles. The molecule has 1 amide bonds. The Kier molecular flexibility index (Phi) is 4.47. The number of rotatable bonds is 5. The molecule has 0 aliphatic heterocycles. The van der Waals surface area contributed by atoms with E-state index < -0.39 is 0 Å². The van der Waals surface area contributed by atoms with Crippen LogP contribution in [0, 0.1) is 0 Å². The van der Waals surface area contributed by atoms with Crippen molar-refractivity contribution in [1.82, 2.24) is 10.3 Å². The molecule has 0 atom stereocenters. The minimum absolute atomic E-state index is 0.0285. The number of amides is 1. The molecule has 3 nitrogen and oxygen atoms in total. The second kappa shape index (κ2) is 6.31. The number of hydrogen-bond acceptors (Lipinski definition) is 3. The number of nitrogens with zero attached hydrogens (tertiary/aromatic N) is 1. The van der Waals surface area contributed by atoms with Gasteiger partial charge in [-0.1, -0.05) is 19.4 Å². The minimum Gasteiger partial charge on any atom is -0.346 e. The molecule has 2 heterocycles. The van der Waals surface area contributed by atoms with Gasteiger partial charge in [0.25, 0.3) is 5.91 Å². The number of thiophene rings is 1. The van der Waals surface area contributed by atoms with Crippen LogP contribution in [-0.4, -0.2) is 10.9 Å². The third kappa shape index (κ3) is 3.40. The van der Waals surface area contributed by atoms with E-state index in [2.05, 4.69) is 17.2 Å². The van der Waals surface area contributed by atoms with E-state index in [0.29, 0.717) is 6.54 Å². The van der Waals surface area contributed by atoms with Crippen molar-refractivity contribution < 1.29 is 4.79 Å². The molecule has 1 N–H and O–H groups in total. The summed E-state index contributed by atoms with van der Waals surface area (Å²) in [4.78, 5) is 17.3. The van der Waals surface area contributed by atoms with Crippen LogP contribution >= 0.6 is 11.3 Å². The SMILES string of the molecule is CCCc1cc(C(=O)NCc2ccccn2)cs1. The first-order chi connectivity index (χ1) is 8.79. The molecule has 0 aliphatic rings. The lowest BCUT2D eigenvalue weighted by Gasteiger charge is -2.02. The van der Waals surface area contributed by atoms with Crippen molar-refractivity contribution in [1.29, 1.82) is 0 Å². The second-order valence-electron chi connectivity index (χ2n) is 4.06. The highest BCUT2D eigenvalue weighted by Gasteiger charge is 2.08. The standard InChI is InChI=1S/C14H16N2OS/c1-2-5-13-8-11(10-18-13)14(17)16-9-12-6-3-4-7-15-12/h3-4,6-8,10H,2,5,9H2,1H3,(H,16,17). The van der Waals surface area contributed by atoms with Crippen LogP contribution in [0.4, 0.5) is 0 Å². The normalized spacial score (nSPS) is 10.3. The number of hydrogen-bond donors (Lipinski definition) is 1. The summed E-state index contributed by atoms with van der Waals surface area (Å²) in [5.74, 6) is -0.0285. The van der Waals surface area contributed by atoms with Gasteiger partial charge in [0.1, 0.15) is 0 Å². The minimum atomic E-state index is -0.0285. The van der Waals surface area contributed by atoms with Crippen molar-refractivity contribution in [3.63, 3.8) is 0 Å². The average molecular weight is 260 g/mol. The molecule has 0 radical (unpaired) electrons. The molecule has 0 spiro atoms. The monoisotopic (exact) mass is 260 g/mol. The quantitative estimate of drug-likeness (QED) is 0.898. The Labute approximate surface area is 111 Å². The van der Waals surface area contributed by atoms with Crippen LogP contribution in [0.5, 0.6) is 0 Å². The maximum Gasteiger partial charge on any atom is 0.252 e. The Morgan fingerprint density at radius 1 is 1.44 bits per heavy atom. The van der Waals surface area contributed by atoms with Gasteiger partial charge in [-0.3, -0.25) is 9.78 Å². The van der Waals surface area contributed by atoms with Crippen molar-refractivity contribution >= 4 is 17.2 Å². The van der Waals surface area contributed by atoms with E-state index in [1.54, 1.807) is 17.5 Å². The van der Waals surface area contributed by atoms with Crippen LogP contribution in [0.3, 0.4) is 0 Å². The Morgan fingerprint density at radius 3 is 3.06 bits per heavy atom. The molecule has 0 aliphatic carbocycles. The molecule has 4 heteroatoms. The zero-order valence-electron chi connectivity index (χ0n) is 10.3. The number of carbonyl (C=O) groups excluding carboxylic acids is 1. The fraction of sp³-hybridized carbons (Fsp3) is 0.286. The first-order valence-electron chi connectivity index (χ1n) is 6.05. The predicted octanol–water partition coefficient (Wildman–Crippen LogP) is 3.03. The third-order valence-electron chi connectivity index (χ3n) is 2.57. The molecule has 0 bridgehead atoms. The average Bonchev–Trinajstić information content (AvgIpc) is 2.86. The summed E-state index contributed by atoms with van der Waals surface area (Å²) in [6.07, 6.45) is 3.87. The zero-order chi connectivity index (χ0) is 12.8. The van der Waals surface area contributed by atoms with Crippen molar-refractivity contribution in [3.05, 3.63) is 52.0 Å². The summed E-state index contributed by atoms with van der Waals surface area (Å²) in [5.41, 5.74) is 1.62. The Hall–Kier alpha value is -1.68. The van der Waals surface area contributed by atoms with Crippen LogP contribution in [0.2, 0.25) is 0 Å². The van der Waals surface area contributed by atoms with Gasteiger partial charge in [0.15, 0.2) is 0 Å². The maximum absolute atomic E-state index is 11.9. The predicted molar refractivity (Wildman–Crippen MR) is 73.7 cm³/mol. The molecule has 2 rings (SSSR count). The van der Waals surface area contributed by atoms with Gasteiger partial charge in [-0.15, -0.1) is 11.3 Å². The lowest BCUT2D eigenvalue weighted by molar-refractivity contribution is 0.0951. The molecule has 0 saturated heterocycles. The van der Waals surface area contributed by atoms with E-state index in [1.165, 1.54) is 4.88 Å². The first-order valence-corrected chi connectivity index (χ1v) is 6.93. The van der Waals surface area contributed by atoms with E-state index >= 15 is 0 Å². The van der Waals surface area contributed by atoms with E-state index in [1.807, 2.05) is 29.6 Å². The summed E-state index contributed by atoms with van der Waals surface area (Å²) in [6.45, 7) is 2.61. The summed E-state index contributed by atoms with van der Waals surface area (Å²) in [5, 5.41) is 4.79. The fourth-order valence-electron chi connectivity index (χ4n) is 1.65. The summed E-state index contributed by atoms with van der Waals surface area (Å²) in [6, 6.07) is 7.65. The molecule has 18 heavy (non-hydrogen) atoms. The van der Waals surface area contributed by atoms with Gasteiger partial charge < -0.3 is 5.32 Å². The zero-order valence-corrected chi connectivity index (χ0v) is 11.2. The van der Waals surface area contributed by atoms with Crippen molar-refractivity contribution in [2.45, 2.75) is 26.3 Å². The summed E-state index contributed by atoms with van der Waals surface area (Å²) in [7, 11) is 0. The number of aryl methyl sites for hydroxylation is 1. The third-order valence-corrected chi connectivity index (χ3v) is 3.57. The fourth-order valence-corrected chi connectivity index (χ4v) is 2.62. The van der Waals surface area contributed by atoms with Crippen molar-refractivity contribution in [2.75, 3.05) is 0 Å². The lowest BCUT2D eigenvalue weighted by Crippen LogP contribution is -2.22. The highest BCUT2D eigenvalue weighted by molar-refractivity contribution is 7.10. The molecular formula is C14H16N2OS. The summed E-state index contributed by atoms with van der Waals surface area (Å²) >= 11 is 1.65. The molecule has 94 valence electrons. The molecule has 0 saturated carbocycles. The van der Waals surface area contributed by atoms with E-state index in [4.69, 9.17) is 0 Å². The van der Waals surface area contributed by atoms with E-state index in [9.17, 15) is 4.79 Å². The smallest absolute Gasteiger partial charge is 0.252 e. The largest absolute Gasteiger partial charge is 0.346 e. The Bertz CT molecular complexity index is 508. The van der Waals surface area contributed by atoms with Gasteiger partial charge in [-0.2, -0.15) is 0 Å². The Morgan fingerprint density at radius 2 is 2.33 bits per heavy atom. The molecule has 2 aromatic rings. The molecular weight excluding hydrogens is 244 g/mol. The van der Waals surface area contributed by atoms with E-state index in [0.717, 1.165) is 24.1 Å². The van der Waals surface area contributed by atoms with Crippen molar-refractivity contribution in [2.24, 2.45) is 0 Å². The van der Waals surface area contributed by atoms with Crippen molar-refractivity contribution in [3.8, 4) is 0 Å². The first kappa shape index (κ1) is 12.8. The topological polar surface area (TPSA) is 42.0 Å². The van der Waals surface area contributed by atoms with Crippen LogP contribution < -0.4 is 5.32 Å². The molecule has 0 unspecified atom stereocenters.